The SMILES string of the molecule is CC(O)C1CCN(Cc2cc(C(N)=O)ccc2F)CC1. The number of primary amides is 1. The number of hydrogen-bond donors (Lipinski definition) is 2. The van der Waals surface area contributed by atoms with E-state index in [0.717, 1.165) is 25.9 Å². The van der Waals surface area contributed by atoms with Crippen LogP contribution in [0.15, 0.2) is 18.2 Å². The molecule has 5 heteroatoms. The van der Waals surface area contributed by atoms with Crippen LogP contribution in [0.2, 0.25) is 0 Å². The van der Waals surface area contributed by atoms with E-state index in [4.69, 9.17) is 5.73 Å². The highest BCUT2D eigenvalue weighted by atomic mass is 19.1. The van der Waals surface area contributed by atoms with Crippen LogP contribution in [0.25, 0.3) is 0 Å². The third kappa shape index (κ3) is 3.55. The number of amides is 1. The third-order valence-corrected chi connectivity index (χ3v) is 4.04. The van der Waals surface area contributed by atoms with Crippen molar-refractivity contribution in [3.63, 3.8) is 0 Å². The van der Waals surface area contributed by atoms with Crippen molar-refractivity contribution >= 4 is 5.91 Å². The predicted octanol–water partition coefficient (Wildman–Crippen LogP) is 1.52. The average molecular weight is 280 g/mol. The van der Waals surface area contributed by atoms with Gasteiger partial charge in [-0.3, -0.25) is 9.69 Å². The Bertz CT molecular complexity index is 483. The Morgan fingerprint density at radius 2 is 2.15 bits per heavy atom. The van der Waals surface area contributed by atoms with E-state index in [-0.39, 0.29) is 11.9 Å². The molecular formula is C15H21FN2O2. The van der Waals surface area contributed by atoms with Crippen LogP contribution >= 0.6 is 0 Å². The summed E-state index contributed by atoms with van der Waals surface area (Å²) in [7, 11) is 0. The monoisotopic (exact) mass is 280 g/mol. The van der Waals surface area contributed by atoms with Gasteiger partial charge in [0.15, 0.2) is 0 Å². The summed E-state index contributed by atoms with van der Waals surface area (Å²) in [6, 6.07) is 4.22. The maximum Gasteiger partial charge on any atom is 0.248 e. The molecule has 4 nitrogen and oxygen atoms in total. The molecule has 0 aliphatic carbocycles. The molecule has 1 aromatic rings. The topological polar surface area (TPSA) is 66.6 Å². The first-order chi connectivity index (χ1) is 9.47. The summed E-state index contributed by atoms with van der Waals surface area (Å²) in [5.41, 5.74) is 6.05. The lowest BCUT2D eigenvalue weighted by molar-refractivity contribution is 0.0691. The molecule has 20 heavy (non-hydrogen) atoms. The van der Waals surface area contributed by atoms with Crippen molar-refractivity contribution in [2.24, 2.45) is 11.7 Å². The van der Waals surface area contributed by atoms with Crippen LogP contribution in [0, 0.1) is 11.7 Å². The molecule has 0 bridgehead atoms. The van der Waals surface area contributed by atoms with Crippen LogP contribution in [0.4, 0.5) is 4.39 Å². The predicted molar refractivity (Wildman–Crippen MR) is 74.6 cm³/mol. The lowest BCUT2D eigenvalue weighted by atomic mass is 9.92. The van der Waals surface area contributed by atoms with E-state index in [0.29, 0.717) is 23.6 Å². The molecule has 2 rings (SSSR count). The summed E-state index contributed by atoms with van der Waals surface area (Å²) in [5.74, 6) is -0.528. The van der Waals surface area contributed by atoms with Gasteiger partial charge in [0.1, 0.15) is 5.82 Å². The molecule has 1 atom stereocenters. The highest BCUT2D eigenvalue weighted by Gasteiger charge is 2.23. The number of carbonyl (C=O) groups is 1. The second kappa shape index (κ2) is 6.33. The maximum atomic E-state index is 13.8. The van der Waals surface area contributed by atoms with E-state index in [1.165, 1.54) is 18.2 Å². The molecular weight excluding hydrogens is 259 g/mol. The highest BCUT2D eigenvalue weighted by Crippen LogP contribution is 2.22. The molecule has 0 aromatic heterocycles. The number of piperidine rings is 1. The summed E-state index contributed by atoms with van der Waals surface area (Å²) in [6.45, 7) is 3.95. The minimum atomic E-state index is -0.543. The zero-order chi connectivity index (χ0) is 14.7. The largest absolute Gasteiger partial charge is 0.393 e. The van der Waals surface area contributed by atoms with Gasteiger partial charge in [0.05, 0.1) is 6.10 Å². The van der Waals surface area contributed by atoms with E-state index >= 15 is 0 Å². The minimum Gasteiger partial charge on any atom is -0.393 e. The molecule has 1 aliphatic rings. The number of likely N-dealkylation sites (tertiary alicyclic amines) is 1. The number of rotatable bonds is 4. The first kappa shape index (κ1) is 14.9. The van der Waals surface area contributed by atoms with Gasteiger partial charge in [-0.25, -0.2) is 4.39 Å². The summed E-state index contributed by atoms with van der Waals surface area (Å²) < 4.78 is 13.8. The van der Waals surface area contributed by atoms with Gasteiger partial charge >= 0.3 is 0 Å². The van der Waals surface area contributed by atoms with Crippen LogP contribution in [0.3, 0.4) is 0 Å². The quantitative estimate of drug-likeness (QED) is 0.878. The Morgan fingerprint density at radius 1 is 1.50 bits per heavy atom. The number of carbonyl (C=O) groups excluding carboxylic acids is 1. The van der Waals surface area contributed by atoms with Gasteiger partial charge in [0.2, 0.25) is 5.91 Å². The van der Waals surface area contributed by atoms with Crippen molar-refractivity contribution in [2.45, 2.75) is 32.4 Å². The highest BCUT2D eigenvalue weighted by molar-refractivity contribution is 5.92. The van der Waals surface area contributed by atoms with E-state index < -0.39 is 5.91 Å². The number of benzene rings is 1. The molecule has 0 spiro atoms. The fourth-order valence-electron chi connectivity index (χ4n) is 2.68. The number of aliphatic hydroxyl groups is 1. The molecule has 1 aliphatic heterocycles. The van der Waals surface area contributed by atoms with E-state index in [2.05, 4.69) is 4.90 Å². The molecule has 1 heterocycles. The smallest absolute Gasteiger partial charge is 0.248 e. The second-order valence-electron chi connectivity index (χ2n) is 5.52. The number of aliphatic hydroxyl groups excluding tert-OH is 1. The van der Waals surface area contributed by atoms with Crippen molar-refractivity contribution in [3.8, 4) is 0 Å². The zero-order valence-corrected chi connectivity index (χ0v) is 11.7. The number of hydrogen-bond acceptors (Lipinski definition) is 3. The first-order valence-corrected chi connectivity index (χ1v) is 6.96. The van der Waals surface area contributed by atoms with Crippen LogP contribution < -0.4 is 5.73 Å². The Labute approximate surface area is 118 Å². The Balaban J connectivity index is 2.00. The van der Waals surface area contributed by atoms with Crippen molar-refractivity contribution in [1.82, 2.24) is 4.90 Å². The zero-order valence-electron chi connectivity index (χ0n) is 11.7. The summed E-state index contributed by atoms with van der Waals surface area (Å²) in [5, 5.41) is 9.56. The van der Waals surface area contributed by atoms with Gasteiger partial charge in [0.25, 0.3) is 0 Å². The molecule has 1 saturated heterocycles. The molecule has 0 saturated carbocycles. The fraction of sp³-hybridized carbons (Fsp3) is 0.533. The lowest BCUT2D eigenvalue weighted by Gasteiger charge is -2.33. The van der Waals surface area contributed by atoms with Crippen molar-refractivity contribution in [1.29, 1.82) is 0 Å². The lowest BCUT2D eigenvalue weighted by Crippen LogP contribution is -2.36. The van der Waals surface area contributed by atoms with E-state index in [1.807, 2.05) is 6.92 Å². The standard InChI is InChI=1S/C15H21FN2O2/c1-10(19)11-4-6-18(7-5-11)9-13-8-12(15(17)20)2-3-14(13)16/h2-3,8,10-11,19H,4-7,9H2,1H3,(H2,17,20). The van der Waals surface area contributed by atoms with Crippen molar-refractivity contribution < 1.29 is 14.3 Å². The molecule has 1 fully saturated rings. The Kier molecular flexibility index (Phi) is 4.73. The van der Waals surface area contributed by atoms with Gasteiger partial charge in [0, 0.05) is 17.7 Å². The Morgan fingerprint density at radius 3 is 2.70 bits per heavy atom. The molecule has 1 unspecified atom stereocenters. The van der Waals surface area contributed by atoms with Gasteiger partial charge in [-0.1, -0.05) is 0 Å². The van der Waals surface area contributed by atoms with Crippen LogP contribution in [-0.4, -0.2) is 35.1 Å². The van der Waals surface area contributed by atoms with Gasteiger partial charge in [-0.2, -0.15) is 0 Å². The molecule has 1 aromatic carbocycles. The first-order valence-electron chi connectivity index (χ1n) is 6.96. The number of halogens is 1. The normalized spacial score (nSPS) is 18.9. The minimum absolute atomic E-state index is 0.285. The van der Waals surface area contributed by atoms with Crippen molar-refractivity contribution in [3.05, 3.63) is 35.1 Å². The third-order valence-electron chi connectivity index (χ3n) is 4.04. The number of nitrogens with zero attached hydrogens (tertiary/aromatic N) is 1. The summed E-state index contributed by atoms with van der Waals surface area (Å²) >= 11 is 0. The molecule has 1 amide bonds. The number of nitrogens with two attached hydrogens (primary N) is 1. The summed E-state index contributed by atoms with van der Waals surface area (Å²) in [4.78, 5) is 13.3. The Hall–Kier alpha value is -1.46. The second-order valence-corrected chi connectivity index (χ2v) is 5.52. The fourth-order valence-corrected chi connectivity index (χ4v) is 2.68. The van der Waals surface area contributed by atoms with Crippen molar-refractivity contribution in [2.75, 3.05) is 13.1 Å². The van der Waals surface area contributed by atoms with Crippen LogP contribution in [0.1, 0.15) is 35.7 Å². The van der Waals surface area contributed by atoms with E-state index in [9.17, 15) is 14.3 Å². The summed E-state index contributed by atoms with van der Waals surface area (Å²) in [6.07, 6.45) is 1.54. The van der Waals surface area contributed by atoms with E-state index in [1.54, 1.807) is 0 Å². The maximum absolute atomic E-state index is 13.8. The molecule has 0 radical (unpaired) electrons. The van der Waals surface area contributed by atoms with Crippen LogP contribution in [0.5, 0.6) is 0 Å². The average Bonchev–Trinajstić information content (AvgIpc) is 2.41. The molecule has 3 N–H and O–H groups in total. The van der Waals surface area contributed by atoms with Crippen LogP contribution in [-0.2, 0) is 6.54 Å². The van der Waals surface area contributed by atoms with Gasteiger partial charge in [-0.05, 0) is 57.0 Å². The molecule has 110 valence electrons. The van der Waals surface area contributed by atoms with Gasteiger partial charge in [-0.15, -0.1) is 0 Å². The van der Waals surface area contributed by atoms with Gasteiger partial charge < -0.3 is 10.8 Å².